The topological polar surface area (TPSA) is 33.3 Å². The maximum absolute atomic E-state index is 5.84. The van der Waals surface area contributed by atoms with Crippen LogP contribution in [0.3, 0.4) is 0 Å². The summed E-state index contributed by atoms with van der Waals surface area (Å²) in [5.74, 6) is 1.81. The summed E-state index contributed by atoms with van der Waals surface area (Å²) in [4.78, 5) is 0. The van der Waals surface area contributed by atoms with Crippen LogP contribution in [-0.4, -0.2) is 26.2 Å². The molecule has 1 aliphatic rings. The predicted molar refractivity (Wildman–Crippen MR) is 92.4 cm³/mol. The first kappa shape index (κ1) is 21.0. The van der Waals surface area contributed by atoms with Crippen molar-refractivity contribution in [1.82, 2.24) is 10.6 Å². The number of fused-ring (bicyclic) bond motifs is 1. The summed E-state index contributed by atoms with van der Waals surface area (Å²) in [5.41, 5.74) is 1.29. The molecule has 0 aromatic heterocycles. The van der Waals surface area contributed by atoms with Crippen LogP contribution >= 0.6 is 0 Å². The first-order valence-electron chi connectivity index (χ1n) is 8.43. The molecule has 0 spiro atoms. The van der Waals surface area contributed by atoms with Crippen molar-refractivity contribution in [3.63, 3.8) is 0 Å². The van der Waals surface area contributed by atoms with E-state index < -0.39 is 0 Å². The van der Waals surface area contributed by atoms with E-state index in [1.54, 1.807) is 0 Å². The van der Waals surface area contributed by atoms with Gasteiger partial charge in [0.1, 0.15) is 5.75 Å². The fraction of sp³-hybridized carbons (Fsp3) is 0.474. The second kappa shape index (κ2) is 10.8. The Labute approximate surface area is 157 Å². The Kier molecular flexibility index (Phi) is 9.45. The molecule has 1 saturated heterocycles. The highest BCUT2D eigenvalue weighted by Gasteiger charge is 2.13. The van der Waals surface area contributed by atoms with Gasteiger partial charge in [0, 0.05) is 12.1 Å². The van der Waals surface area contributed by atoms with Gasteiger partial charge in [-0.1, -0.05) is 30.3 Å². The summed E-state index contributed by atoms with van der Waals surface area (Å²) in [7, 11) is 0. The lowest BCUT2D eigenvalue weighted by atomic mass is 9.98. The van der Waals surface area contributed by atoms with Crippen LogP contribution in [0, 0.1) is 5.92 Å². The largest absolute Gasteiger partial charge is 1.00 e. The monoisotopic (exact) mass is 368 g/mol. The molecule has 134 valence electrons. The van der Waals surface area contributed by atoms with Crippen LogP contribution in [0.2, 0.25) is 0 Å². The van der Waals surface area contributed by atoms with Crippen LogP contribution in [0.5, 0.6) is 5.75 Å². The molecule has 1 heterocycles. The highest BCUT2D eigenvalue weighted by atomic mass is 35.5. The van der Waals surface area contributed by atoms with Crippen molar-refractivity contribution in [3.05, 3.63) is 42.0 Å². The van der Waals surface area contributed by atoms with Crippen molar-refractivity contribution in [1.29, 1.82) is 0 Å². The minimum absolute atomic E-state index is 0. The third kappa shape index (κ3) is 5.25. The molecule has 2 N–H and O–H groups in total. The van der Waals surface area contributed by atoms with Crippen LogP contribution < -0.4 is 40.2 Å². The maximum atomic E-state index is 5.84. The average Bonchev–Trinajstić information content (AvgIpc) is 2.57. The van der Waals surface area contributed by atoms with Gasteiger partial charge in [-0.2, -0.15) is 0 Å². The zero-order valence-electron chi connectivity index (χ0n) is 14.2. The predicted octanol–water partition coefficient (Wildman–Crippen LogP) is -2.66. The SMILES string of the molecule is CCOc1ccc2ccccc2c1CNCC1CCNCC1.[Cl-].[Cl-]. The summed E-state index contributed by atoms with van der Waals surface area (Å²) >= 11 is 0. The van der Waals surface area contributed by atoms with E-state index in [0.717, 1.165) is 37.8 Å². The lowest BCUT2D eigenvalue weighted by Crippen LogP contribution is -3.00. The second-order valence-corrected chi connectivity index (χ2v) is 6.02. The molecule has 0 atom stereocenters. The smallest absolute Gasteiger partial charge is 0.124 e. The molecule has 0 amide bonds. The Morgan fingerprint density at radius 3 is 2.58 bits per heavy atom. The first-order valence-corrected chi connectivity index (χ1v) is 8.43. The van der Waals surface area contributed by atoms with Gasteiger partial charge in [0.25, 0.3) is 0 Å². The Morgan fingerprint density at radius 1 is 1.08 bits per heavy atom. The molecular weight excluding hydrogens is 343 g/mol. The zero-order chi connectivity index (χ0) is 15.2. The molecular formula is C19H26Cl2N2O-2. The zero-order valence-corrected chi connectivity index (χ0v) is 15.7. The van der Waals surface area contributed by atoms with E-state index in [1.165, 1.54) is 29.2 Å². The van der Waals surface area contributed by atoms with Crippen molar-refractivity contribution in [3.8, 4) is 5.75 Å². The van der Waals surface area contributed by atoms with E-state index in [1.807, 2.05) is 6.92 Å². The van der Waals surface area contributed by atoms with E-state index in [2.05, 4.69) is 47.0 Å². The van der Waals surface area contributed by atoms with Crippen molar-refractivity contribution >= 4 is 10.8 Å². The number of ether oxygens (including phenoxy) is 1. The molecule has 0 unspecified atom stereocenters. The lowest BCUT2D eigenvalue weighted by molar-refractivity contribution is -0.00100. The Balaban J connectivity index is 0.00000144. The molecule has 0 bridgehead atoms. The summed E-state index contributed by atoms with van der Waals surface area (Å²) < 4.78 is 5.84. The standard InChI is InChI=1S/C19H26N2O.2ClH/c1-2-22-19-8-7-16-5-3-4-6-17(16)18(19)14-21-13-15-9-11-20-12-10-15;;/h3-8,15,20-21H,2,9-14H2,1H3;2*1H/p-2. The summed E-state index contributed by atoms with van der Waals surface area (Å²) in [6.45, 7) is 7.04. The normalized spacial score (nSPS) is 14.7. The number of hydrogen-bond acceptors (Lipinski definition) is 3. The third-order valence-electron chi connectivity index (χ3n) is 4.49. The minimum Gasteiger partial charge on any atom is -1.00 e. The second-order valence-electron chi connectivity index (χ2n) is 6.02. The van der Waals surface area contributed by atoms with Gasteiger partial charge >= 0.3 is 0 Å². The van der Waals surface area contributed by atoms with Gasteiger partial charge in [0.2, 0.25) is 0 Å². The number of benzene rings is 2. The third-order valence-corrected chi connectivity index (χ3v) is 4.49. The molecule has 0 radical (unpaired) electrons. The number of hydrogen-bond donors (Lipinski definition) is 2. The Hall–Kier alpha value is -1.00. The van der Waals surface area contributed by atoms with Crippen LogP contribution in [0.25, 0.3) is 10.8 Å². The van der Waals surface area contributed by atoms with Gasteiger partial charge in [-0.3, -0.25) is 0 Å². The average molecular weight is 369 g/mol. The van der Waals surface area contributed by atoms with Crippen molar-refractivity contribution in [2.75, 3.05) is 26.2 Å². The molecule has 5 heteroatoms. The minimum atomic E-state index is 0. The highest BCUT2D eigenvalue weighted by molar-refractivity contribution is 5.87. The molecule has 1 aliphatic heterocycles. The molecule has 0 saturated carbocycles. The molecule has 3 nitrogen and oxygen atoms in total. The van der Waals surface area contributed by atoms with Gasteiger partial charge in [0.05, 0.1) is 6.61 Å². The van der Waals surface area contributed by atoms with Gasteiger partial charge < -0.3 is 40.2 Å². The van der Waals surface area contributed by atoms with Crippen LogP contribution in [-0.2, 0) is 6.54 Å². The van der Waals surface area contributed by atoms with E-state index >= 15 is 0 Å². The van der Waals surface area contributed by atoms with Gasteiger partial charge in [-0.15, -0.1) is 0 Å². The first-order chi connectivity index (χ1) is 10.9. The lowest BCUT2D eigenvalue weighted by Gasteiger charge is -2.23. The van der Waals surface area contributed by atoms with Crippen LogP contribution in [0.15, 0.2) is 36.4 Å². The van der Waals surface area contributed by atoms with Crippen LogP contribution in [0.4, 0.5) is 0 Å². The van der Waals surface area contributed by atoms with Crippen molar-refractivity contribution in [2.24, 2.45) is 5.92 Å². The Morgan fingerprint density at radius 2 is 1.83 bits per heavy atom. The van der Waals surface area contributed by atoms with Crippen LogP contribution in [0.1, 0.15) is 25.3 Å². The summed E-state index contributed by atoms with van der Waals surface area (Å²) in [5, 5.41) is 9.66. The molecule has 2 aromatic rings. The van der Waals surface area contributed by atoms with Gasteiger partial charge in [0.15, 0.2) is 0 Å². The number of rotatable bonds is 6. The Bertz CT molecular complexity index is 615. The fourth-order valence-corrected chi connectivity index (χ4v) is 3.28. The van der Waals surface area contributed by atoms with E-state index in [0.29, 0.717) is 6.61 Å². The maximum Gasteiger partial charge on any atom is 0.124 e. The number of halogens is 2. The molecule has 0 aliphatic carbocycles. The quantitative estimate of drug-likeness (QED) is 0.583. The summed E-state index contributed by atoms with van der Waals surface area (Å²) in [6.07, 6.45) is 2.56. The van der Waals surface area contributed by atoms with Gasteiger partial charge in [-0.05, 0) is 62.2 Å². The van der Waals surface area contributed by atoms with Crippen molar-refractivity contribution in [2.45, 2.75) is 26.3 Å². The van der Waals surface area contributed by atoms with Crippen molar-refractivity contribution < 1.29 is 29.6 Å². The van der Waals surface area contributed by atoms with Gasteiger partial charge in [-0.25, -0.2) is 0 Å². The molecule has 3 rings (SSSR count). The van der Waals surface area contributed by atoms with E-state index in [4.69, 9.17) is 4.74 Å². The van der Waals surface area contributed by atoms with E-state index in [9.17, 15) is 0 Å². The molecule has 2 aromatic carbocycles. The fourth-order valence-electron chi connectivity index (χ4n) is 3.28. The summed E-state index contributed by atoms with van der Waals surface area (Å²) in [6, 6.07) is 12.8. The molecule has 1 fully saturated rings. The number of piperidine rings is 1. The highest BCUT2D eigenvalue weighted by Crippen LogP contribution is 2.28. The molecule has 24 heavy (non-hydrogen) atoms. The van der Waals surface area contributed by atoms with E-state index in [-0.39, 0.29) is 24.8 Å². The number of nitrogens with one attached hydrogen (secondary N) is 2.